The maximum atomic E-state index is 11.1. The van der Waals surface area contributed by atoms with E-state index in [9.17, 15) is 4.79 Å². The minimum atomic E-state index is -0.977. The third-order valence-corrected chi connectivity index (χ3v) is 3.01. The van der Waals surface area contributed by atoms with Gasteiger partial charge in [0.05, 0.1) is 18.8 Å². The maximum absolute atomic E-state index is 11.1. The highest BCUT2D eigenvalue weighted by atomic mass is 32.1. The predicted molar refractivity (Wildman–Crippen MR) is 64.4 cm³/mol. The van der Waals surface area contributed by atoms with Gasteiger partial charge in [0.15, 0.2) is 0 Å². The molecule has 0 unspecified atom stereocenters. The Morgan fingerprint density at radius 1 is 1.65 bits per heavy atom. The van der Waals surface area contributed by atoms with Crippen LogP contribution in [0.2, 0.25) is 0 Å². The molecule has 0 bridgehead atoms. The highest BCUT2D eigenvalue weighted by Gasteiger charge is 2.15. The van der Waals surface area contributed by atoms with Crippen molar-refractivity contribution in [2.24, 2.45) is 0 Å². The molecule has 5 nitrogen and oxygen atoms in total. The molecule has 1 N–H and O–H groups in total. The average molecular weight is 252 g/mol. The molecule has 0 spiro atoms. The zero-order valence-corrected chi connectivity index (χ0v) is 10.1. The number of carboxylic acids is 1. The quantitative estimate of drug-likeness (QED) is 0.883. The molecule has 0 aromatic carbocycles. The van der Waals surface area contributed by atoms with Crippen LogP contribution in [0.5, 0.6) is 0 Å². The monoisotopic (exact) mass is 252 g/mol. The molecule has 0 saturated carbocycles. The van der Waals surface area contributed by atoms with Gasteiger partial charge in [-0.1, -0.05) is 0 Å². The molecule has 2 heterocycles. The second-order valence-corrected chi connectivity index (χ2v) is 4.23. The van der Waals surface area contributed by atoms with Crippen LogP contribution in [-0.2, 0) is 11.3 Å². The van der Waals surface area contributed by atoms with Crippen molar-refractivity contribution in [2.45, 2.75) is 6.54 Å². The second kappa shape index (κ2) is 5.11. The smallest absolute Gasteiger partial charge is 0.354 e. The highest BCUT2D eigenvalue weighted by Crippen LogP contribution is 2.21. The van der Waals surface area contributed by atoms with Crippen LogP contribution < -0.4 is 0 Å². The molecule has 0 aliphatic heterocycles. The lowest BCUT2D eigenvalue weighted by atomic mass is 10.2. The number of carbonyl (C=O) groups is 1. The first-order valence-electron chi connectivity index (χ1n) is 5.05. The third-order valence-electron chi connectivity index (χ3n) is 2.32. The van der Waals surface area contributed by atoms with Gasteiger partial charge >= 0.3 is 5.97 Å². The van der Waals surface area contributed by atoms with Gasteiger partial charge in [0, 0.05) is 18.1 Å². The van der Waals surface area contributed by atoms with Crippen LogP contribution in [-0.4, -0.2) is 34.6 Å². The number of methoxy groups -OCH3 is 1. The number of aromatic nitrogens is 2. The van der Waals surface area contributed by atoms with Gasteiger partial charge in [-0.05, 0) is 17.5 Å². The van der Waals surface area contributed by atoms with E-state index in [2.05, 4.69) is 5.10 Å². The average Bonchev–Trinajstić information content (AvgIpc) is 2.94. The first-order valence-corrected chi connectivity index (χ1v) is 5.99. The van der Waals surface area contributed by atoms with Crippen molar-refractivity contribution in [3.8, 4) is 11.3 Å². The van der Waals surface area contributed by atoms with Crippen molar-refractivity contribution in [1.82, 2.24) is 9.78 Å². The van der Waals surface area contributed by atoms with Crippen LogP contribution in [0.1, 0.15) is 10.5 Å². The highest BCUT2D eigenvalue weighted by molar-refractivity contribution is 7.08. The number of aromatic carboxylic acids is 1. The predicted octanol–water partition coefficient (Wildman–Crippen LogP) is 1.96. The van der Waals surface area contributed by atoms with Crippen LogP contribution in [0.4, 0.5) is 0 Å². The summed E-state index contributed by atoms with van der Waals surface area (Å²) in [5, 5.41) is 17.2. The maximum Gasteiger partial charge on any atom is 0.354 e. The molecular formula is C11H12N2O3S. The standard InChI is InChI=1S/C11H12N2O3S/c1-16-4-3-13-10(11(14)15)6-9(12-13)8-2-5-17-7-8/h2,5-7H,3-4H2,1H3,(H,14,15). The molecule has 6 heteroatoms. The van der Waals surface area contributed by atoms with Crippen LogP contribution >= 0.6 is 11.3 Å². The first-order chi connectivity index (χ1) is 8.22. The number of carboxylic acid groups (broad SMARTS) is 1. The van der Waals surface area contributed by atoms with Crippen molar-refractivity contribution in [2.75, 3.05) is 13.7 Å². The zero-order chi connectivity index (χ0) is 12.3. The Bertz CT molecular complexity index is 505. The largest absolute Gasteiger partial charge is 0.477 e. The number of nitrogens with zero attached hydrogens (tertiary/aromatic N) is 2. The van der Waals surface area contributed by atoms with E-state index in [0.717, 1.165) is 5.56 Å². The van der Waals surface area contributed by atoms with Crippen molar-refractivity contribution >= 4 is 17.3 Å². The van der Waals surface area contributed by atoms with E-state index in [4.69, 9.17) is 9.84 Å². The normalized spacial score (nSPS) is 10.6. The van der Waals surface area contributed by atoms with E-state index in [-0.39, 0.29) is 5.69 Å². The molecule has 2 rings (SSSR count). The first kappa shape index (κ1) is 11.8. The Labute approximate surface area is 102 Å². The Morgan fingerprint density at radius 3 is 3.06 bits per heavy atom. The fourth-order valence-corrected chi connectivity index (χ4v) is 2.14. The summed E-state index contributed by atoms with van der Waals surface area (Å²) in [5.74, 6) is -0.977. The number of rotatable bonds is 5. The Balaban J connectivity index is 2.34. The fourth-order valence-electron chi connectivity index (χ4n) is 1.49. The van der Waals surface area contributed by atoms with Crippen molar-refractivity contribution in [3.05, 3.63) is 28.6 Å². The van der Waals surface area contributed by atoms with E-state index < -0.39 is 5.97 Å². The number of hydrogen-bond donors (Lipinski definition) is 1. The topological polar surface area (TPSA) is 64.4 Å². The summed E-state index contributed by atoms with van der Waals surface area (Å²) >= 11 is 1.55. The molecule has 2 aromatic rings. The summed E-state index contributed by atoms with van der Waals surface area (Å²) < 4.78 is 6.39. The lowest BCUT2D eigenvalue weighted by Gasteiger charge is -2.02. The van der Waals surface area contributed by atoms with Gasteiger partial charge in [0.25, 0.3) is 0 Å². The van der Waals surface area contributed by atoms with Gasteiger partial charge in [0.1, 0.15) is 5.69 Å². The van der Waals surface area contributed by atoms with E-state index in [0.29, 0.717) is 18.8 Å². The van der Waals surface area contributed by atoms with E-state index >= 15 is 0 Å². The molecule has 90 valence electrons. The SMILES string of the molecule is COCCn1nc(-c2ccsc2)cc1C(=O)O. The van der Waals surface area contributed by atoms with Gasteiger partial charge in [0.2, 0.25) is 0 Å². The molecule has 0 aliphatic rings. The number of ether oxygens (including phenoxy) is 1. The van der Waals surface area contributed by atoms with E-state index in [1.165, 1.54) is 4.68 Å². The lowest BCUT2D eigenvalue weighted by Crippen LogP contribution is -2.13. The second-order valence-electron chi connectivity index (χ2n) is 3.45. The zero-order valence-electron chi connectivity index (χ0n) is 9.29. The summed E-state index contributed by atoms with van der Waals surface area (Å²) in [5.41, 5.74) is 1.80. The van der Waals surface area contributed by atoms with Crippen LogP contribution in [0.25, 0.3) is 11.3 Å². The van der Waals surface area contributed by atoms with Crippen molar-refractivity contribution in [3.63, 3.8) is 0 Å². The Morgan fingerprint density at radius 2 is 2.47 bits per heavy atom. The number of hydrogen-bond acceptors (Lipinski definition) is 4. The summed E-state index contributed by atoms with van der Waals surface area (Å²) in [6.45, 7) is 0.868. The van der Waals surface area contributed by atoms with Crippen LogP contribution in [0.15, 0.2) is 22.9 Å². The lowest BCUT2D eigenvalue weighted by molar-refractivity contribution is 0.0680. The third kappa shape index (κ3) is 2.54. The molecule has 0 fully saturated rings. The van der Waals surface area contributed by atoms with Crippen LogP contribution in [0, 0.1) is 0 Å². The molecule has 0 radical (unpaired) electrons. The van der Waals surface area contributed by atoms with Crippen molar-refractivity contribution in [1.29, 1.82) is 0 Å². The molecule has 0 amide bonds. The summed E-state index contributed by atoms with van der Waals surface area (Å²) in [7, 11) is 1.57. The van der Waals surface area contributed by atoms with E-state index in [1.54, 1.807) is 24.5 Å². The fraction of sp³-hybridized carbons (Fsp3) is 0.273. The molecular weight excluding hydrogens is 240 g/mol. The number of thiophene rings is 1. The summed E-state index contributed by atoms with van der Waals surface area (Å²) in [6, 6.07) is 3.50. The Hall–Kier alpha value is -1.66. The van der Waals surface area contributed by atoms with Gasteiger partial charge in [-0.3, -0.25) is 4.68 Å². The van der Waals surface area contributed by atoms with Gasteiger partial charge < -0.3 is 9.84 Å². The molecule has 0 aliphatic carbocycles. The van der Waals surface area contributed by atoms with Gasteiger partial charge in [-0.25, -0.2) is 4.79 Å². The molecule has 0 atom stereocenters. The summed E-state index contributed by atoms with van der Waals surface area (Å²) in [4.78, 5) is 11.1. The minimum absolute atomic E-state index is 0.184. The minimum Gasteiger partial charge on any atom is -0.477 e. The van der Waals surface area contributed by atoms with E-state index in [1.807, 2.05) is 16.8 Å². The summed E-state index contributed by atoms with van der Waals surface area (Å²) in [6.07, 6.45) is 0. The molecule has 17 heavy (non-hydrogen) atoms. The van der Waals surface area contributed by atoms with Gasteiger partial charge in [-0.15, -0.1) is 0 Å². The van der Waals surface area contributed by atoms with Crippen molar-refractivity contribution < 1.29 is 14.6 Å². The van der Waals surface area contributed by atoms with Crippen LogP contribution in [0.3, 0.4) is 0 Å². The molecule has 2 aromatic heterocycles. The van der Waals surface area contributed by atoms with Gasteiger partial charge in [-0.2, -0.15) is 16.4 Å². The Kier molecular flexibility index (Phi) is 3.55. The molecule has 0 saturated heterocycles.